The van der Waals surface area contributed by atoms with Crippen LogP contribution in [0.5, 0.6) is 0 Å². The molecular formula is C19H27F3N2O3. The molecule has 1 atom stereocenters. The quantitative estimate of drug-likeness (QED) is 0.825. The van der Waals surface area contributed by atoms with Crippen molar-refractivity contribution in [3.63, 3.8) is 0 Å². The van der Waals surface area contributed by atoms with Crippen LogP contribution in [0.1, 0.15) is 50.8 Å². The van der Waals surface area contributed by atoms with Crippen LogP contribution in [0.15, 0.2) is 24.3 Å². The van der Waals surface area contributed by atoms with Crippen LogP contribution in [0.3, 0.4) is 0 Å². The van der Waals surface area contributed by atoms with Crippen molar-refractivity contribution < 1.29 is 27.8 Å². The third-order valence-electron chi connectivity index (χ3n) is 4.34. The number of aliphatic hydroxyl groups excluding tert-OH is 1. The van der Waals surface area contributed by atoms with Gasteiger partial charge in [0.25, 0.3) is 0 Å². The van der Waals surface area contributed by atoms with Crippen LogP contribution in [0.4, 0.5) is 18.0 Å². The second kappa shape index (κ2) is 8.48. The summed E-state index contributed by atoms with van der Waals surface area (Å²) in [4.78, 5) is 13.8. The van der Waals surface area contributed by atoms with E-state index in [0.717, 1.165) is 12.1 Å². The van der Waals surface area contributed by atoms with Gasteiger partial charge in [0.2, 0.25) is 0 Å². The van der Waals surface area contributed by atoms with Crippen LogP contribution in [0, 0.1) is 0 Å². The molecule has 1 unspecified atom stereocenters. The van der Waals surface area contributed by atoms with Gasteiger partial charge >= 0.3 is 12.3 Å². The zero-order valence-corrected chi connectivity index (χ0v) is 15.8. The topological polar surface area (TPSA) is 61.8 Å². The molecule has 0 saturated carbocycles. The van der Waals surface area contributed by atoms with Crippen LogP contribution in [-0.4, -0.2) is 47.4 Å². The van der Waals surface area contributed by atoms with E-state index in [1.54, 1.807) is 20.8 Å². The summed E-state index contributed by atoms with van der Waals surface area (Å²) in [5, 5.41) is 13.1. The van der Waals surface area contributed by atoms with Gasteiger partial charge in [0, 0.05) is 25.7 Å². The Bertz CT molecular complexity index is 636. The Morgan fingerprint density at radius 3 is 2.48 bits per heavy atom. The molecule has 0 bridgehead atoms. The molecule has 1 amide bonds. The molecule has 152 valence electrons. The van der Waals surface area contributed by atoms with E-state index in [0.29, 0.717) is 25.9 Å². The third-order valence-corrected chi connectivity index (χ3v) is 4.34. The molecular weight excluding hydrogens is 361 g/mol. The van der Waals surface area contributed by atoms with Gasteiger partial charge in [-0.2, -0.15) is 13.2 Å². The fourth-order valence-electron chi connectivity index (χ4n) is 3.01. The number of rotatable bonds is 4. The van der Waals surface area contributed by atoms with Crippen molar-refractivity contribution in [2.45, 2.75) is 57.5 Å². The van der Waals surface area contributed by atoms with Gasteiger partial charge in [0.05, 0.1) is 11.7 Å². The number of carbonyl (C=O) groups excluding carboxylic acids is 1. The summed E-state index contributed by atoms with van der Waals surface area (Å²) in [5.41, 5.74) is -1.07. The van der Waals surface area contributed by atoms with Crippen molar-refractivity contribution in [1.82, 2.24) is 10.2 Å². The molecule has 1 aromatic carbocycles. The lowest BCUT2D eigenvalue weighted by Crippen LogP contribution is -2.46. The van der Waals surface area contributed by atoms with Gasteiger partial charge in [-0.05, 0) is 51.3 Å². The molecule has 1 fully saturated rings. The number of piperidine rings is 1. The summed E-state index contributed by atoms with van der Waals surface area (Å²) < 4.78 is 43.6. The van der Waals surface area contributed by atoms with Crippen LogP contribution >= 0.6 is 0 Å². The van der Waals surface area contributed by atoms with Crippen LogP contribution in [-0.2, 0) is 10.9 Å². The molecule has 1 aliphatic heterocycles. The largest absolute Gasteiger partial charge is 0.444 e. The van der Waals surface area contributed by atoms with E-state index >= 15 is 0 Å². The van der Waals surface area contributed by atoms with Crippen molar-refractivity contribution in [3.05, 3.63) is 35.4 Å². The summed E-state index contributed by atoms with van der Waals surface area (Å²) in [5.74, 6) is 0. The van der Waals surface area contributed by atoms with E-state index in [-0.39, 0.29) is 18.2 Å². The van der Waals surface area contributed by atoms with Gasteiger partial charge in [-0.15, -0.1) is 0 Å². The Hall–Kier alpha value is -1.80. The van der Waals surface area contributed by atoms with Gasteiger partial charge in [-0.25, -0.2) is 4.79 Å². The van der Waals surface area contributed by atoms with Gasteiger partial charge in [0.1, 0.15) is 5.60 Å². The highest BCUT2D eigenvalue weighted by atomic mass is 19.4. The number of aliphatic hydroxyl groups is 1. The maximum absolute atomic E-state index is 12.8. The molecule has 0 aromatic heterocycles. The maximum atomic E-state index is 12.8. The number of ether oxygens (including phenoxy) is 1. The first-order chi connectivity index (χ1) is 12.4. The maximum Gasteiger partial charge on any atom is 0.416 e. The normalized spacial score (nSPS) is 18.2. The summed E-state index contributed by atoms with van der Waals surface area (Å²) in [6.45, 7) is 6.91. The van der Waals surface area contributed by atoms with E-state index in [9.17, 15) is 23.1 Å². The molecule has 27 heavy (non-hydrogen) atoms. The molecule has 1 aliphatic rings. The molecule has 2 N–H and O–H groups in total. The molecule has 8 heteroatoms. The fourth-order valence-corrected chi connectivity index (χ4v) is 3.01. The Balaban J connectivity index is 1.82. The van der Waals surface area contributed by atoms with Crippen molar-refractivity contribution in [1.29, 1.82) is 0 Å². The number of amides is 1. The van der Waals surface area contributed by atoms with E-state index < -0.39 is 29.5 Å². The lowest BCUT2D eigenvalue weighted by molar-refractivity contribution is -0.137. The highest BCUT2D eigenvalue weighted by Crippen LogP contribution is 2.31. The van der Waals surface area contributed by atoms with E-state index in [4.69, 9.17) is 4.74 Å². The third kappa shape index (κ3) is 7.03. The summed E-state index contributed by atoms with van der Waals surface area (Å²) in [6.07, 6.45) is -4.50. The minimum atomic E-state index is -4.43. The Labute approximate surface area is 157 Å². The number of carbonyl (C=O) groups is 1. The monoisotopic (exact) mass is 388 g/mol. The summed E-state index contributed by atoms with van der Waals surface area (Å²) in [7, 11) is 0. The number of halogens is 3. The number of nitrogens with one attached hydrogen (secondary N) is 1. The van der Waals surface area contributed by atoms with E-state index in [2.05, 4.69) is 5.32 Å². The zero-order chi connectivity index (χ0) is 20.2. The molecule has 0 radical (unpaired) electrons. The van der Waals surface area contributed by atoms with Crippen molar-refractivity contribution in [2.75, 3.05) is 19.6 Å². The highest BCUT2D eigenvalue weighted by Gasteiger charge is 2.31. The van der Waals surface area contributed by atoms with E-state index in [1.807, 2.05) is 4.90 Å². The Kier molecular flexibility index (Phi) is 6.75. The number of hydrogen-bond donors (Lipinski definition) is 2. The number of alkyl carbamates (subject to hydrolysis) is 1. The molecule has 2 rings (SSSR count). The van der Waals surface area contributed by atoms with Crippen molar-refractivity contribution >= 4 is 6.09 Å². The zero-order valence-electron chi connectivity index (χ0n) is 15.8. The SMILES string of the molecule is CC(C)(C)OC(=O)NC1CCN(CC(O)c2cccc(C(F)(F)F)c2)CC1. The Morgan fingerprint density at radius 1 is 1.30 bits per heavy atom. The predicted molar refractivity (Wildman–Crippen MR) is 95.2 cm³/mol. The van der Waals surface area contributed by atoms with Gasteiger partial charge in [0.15, 0.2) is 0 Å². The lowest BCUT2D eigenvalue weighted by atomic mass is 10.0. The molecule has 1 heterocycles. The average molecular weight is 388 g/mol. The van der Waals surface area contributed by atoms with Crippen LogP contribution in [0.25, 0.3) is 0 Å². The van der Waals surface area contributed by atoms with Crippen LogP contribution < -0.4 is 5.32 Å². The van der Waals surface area contributed by atoms with E-state index in [1.165, 1.54) is 12.1 Å². The first-order valence-electron chi connectivity index (χ1n) is 9.01. The molecule has 1 saturated heterocycles. The number of alkyl halides is 3. The minimum absolute atomic E-state index is 0.0122. The number of nitrogens with zero attached hydrogens (tertiary/aromatic N) is 1. The Morgan fingerprint density at radius 2 is 1.93 bits per heavy atom. The summed E-state index contributed by atoms with van der Waals surface area (Å²) >= 11 is 0. The molecule has 1 aromatic rings. The van der Waals surface area contributed by atoms with Gasteiger partial charge in [-0.1, -0.05) is 12.1 Å². The van der Waals surface area contributed by atoms with Gasteiger partial charge < -0.3 is 20.1 Å². The number of benzene rings is 1. The number of likely N-dealkylation sites (tertiary alicyclic amines) is 1. The predicted octanol–water partition coefficient (Wildman–Crippen LogP) is 3.73. The average Bonchev–Trinajstić information content (AvgIpc) is 2.54. The minimum Gasteiger partial charge on any atom is -0.444 e. The molecule has 0 spiro atoms. The number of hydrogen-bond acceptors (Lipinski definition) is 4. The summed E-state index contributed by atoms with van der Waals surface area (Å²) in [6, 6.07) is 4.77. The smallest absolute Gasteiger partial charge is 0.416 e. The standard InChI is InChI=1S/C19H27F3N2O3/c1-18(2,3)27-17(26)23-15-7-9-24(10-8-15)12-16(25)13-5-4-6-14(11-13)19(20,21)22/h4-6,11,15-16,25H,7-10,12H2,1-3H3,(H,23,26). The van der Waals surface area contributed by atoms with Crippen molar-refractivity contribution in [3.8, 4) is 0 Å². The van der Waals surface area contributed by atoms with Gasteiger partial charge in [-0.3, -0.25) is 0 Å². The van der Waals surface area contributed by atoms with Crippen LogP contribution in [0.2, 0.25) is 0 Å². The second-order valence-electron chi connectivity index (χ2n) is 7.86. The molecule has 5 nitrogen and oxygen atoms in total. The van der Waals surface area contributed by atoms with Crippen molar-refractivity contribution in [2.24, 2.45) is 0 Å². The lowest BCUT2D eigenvalue weighted by Gasteiger charge is -2.34. The first-order valence-corrected chi connectivity index (χ1v) is 9.01. The fraction of sp³-hybridized carbons (Fsp3) is 0.632. The molecule has 0 aliphatic carbocycles. The highest BCUT2D eigenvalue weighted by molar-refractivity contribution is 5.68. The number of β-amino-alcohol motifs (C(OH)–C–C–N with tert-alkyl or cyclic N) is 1. The first kappa shape index (κ1) is 21.5. The second-order valence-corrected chi connectivity index (χ2v) is 7.86.